The molecule has 2 aromatic carbocycles. The van der Waals surface area contributed by atoms with Gasteiger partial charge >= 0.3 is 0 Å². The van der Waals surface area contributed by atoms with Gasteiger partial charge in [-0.1, -0.05) is 53.7 Å². The van der Waals surface area contributed by atoms with Gasteiger partial charge in [-0.15, -0.1) is 11.3 Å². The molecular weight excluding hydrogens is 426 g/mol. The van der Waals surface area contributed by atoms with Crippen LogP contribution in [0.25, 0.3) is 21.5 Å². The molecule has 0 bridgehead atoms. The third-order valence-electron chi connectivity index (χ3n) is 4.32. The molecule has 0 aliphatic rings. The van der Waals surface area contributed by atoms with Crippen LogP contribution in [0.2, 0.25) is 5.02 Å². The van der Waals surface area contributed by atoms with E-state index < -0.39 is 0 Å². The Hall–Kier alpha value is -2.19. The molecule has 0 unspecified atom stereocenters. The van der Waals surface area contributed by atoms with Gasteiger partial charge in [0.25, 0.3) is 5.56 Å². The number of methoxy groups -OCH3 is 1. The highest BCUT2D eigenvalue weighted by molar-refractivity contribution is 7.98. The van der Waals surface area contributed by atoms with Crippen LogP contribution in [0, 0.1) is 0 Å². The van der Waals surface area contributed by atoms with Gasteiger partial charge in [0.05, 0.1) is 29.7 Å². The van der Waals surface area contributed by atoms with E-state index in [0.29, 0.717) is 40.0 Å². The van der Waals surface area contributed by atoms with Crippen molar-refractivity contribution < 1.29 is 4.74 Å². The van der Waals surface area contributed by atoms with Crippen molar-refractivity contribution in [3.05, 3.63) is 75.0 Å². The predicted molar refractivity (Wildman–Crippen MR) is 120 cm³/mol. The van der Waals surface area contributed by atoms with Crippen molar-refractivity contribution in [3.8, 4) is 10.6 Å². The summed E-state index contributed by atoms with van der Waals surface area (Å²) >= 11 is 9.20. The third kappa shape index (κ3) is 4.53. The summed E-state index contributed by atoms with van der Waals surface area (Å²) in [4.78, 5) is 22.4. The number of hydrogen-bond acceptors (Lipinski definition) is 6. The van der Waals surface area contributed by atoms with E-state index in [1.54, 1.807) is 41.2 Å². The molecule has 0 amide bonds. The second-order valence-corrected chi connectivity index (χ2v) is 8.54. The molecule has 0 aliphatic carbocycles. The average molecular weight is 444 g/mol. The molecule has 8 heteroatoms. The van der Waals surface area contributed by atoms with Crippen LogP contribution in [0.15, 0.2) is 63.9 Å². The summed E-state index contributed by atoms with van der Waals surface area (Å²) in [5, 5.41) is 4.77. The van der Waals surface area contributed by atoms with Crippen molar-refractivity contribution in [3.63, 3.8) is 0 Å². The van der Waals surface area contributed by atoms with Crippen LogP contribution in [-0.4, -0.2) is 28.3 Å². The summed E-state index contributed by atoms with van der Waals surface area (Å²) in [5.74, 6) is 0.620. The fourth-order valence-electron chi connectivity index (χ4n) is 2.89. The lowest BCUT2D eigenvalue weighted by atomic mass is 10.2. The monoisotopic (exact) mass is 443 g/mol. The zero-order valence-corrected chi connectivity index (χ0v) is 18.1. The van der Waals surface area contributed by atoms with Gasteiger partial charge in [0.1, 0.15) is 5.01 Å². The number of fused-ring (bicyclic) bond motifs is 1. The first-order valence-electron chi connectivity index (χ1n) is 8.97. The van der Waals surface area contributed by atoms with Gasteiger partial charge in [0.2, 0.25) is 0 Å². The number of aromatic nitrogens is 3. The maximum atomic E-state index is 13.0. The van der Waals surface area contributed by atoms with Crippen LogP contribution < -0.4 is 5.56 Å². The number of rotatable bonds is 7. The molecule has 5 nitrogen and oxygen atoms in total. The maximum absolute atomic E-state index is 13.0. The van der Waals surface area contributed by atoms with Crippen molar-refractivity contribution in [2.45, 2.75) is 17.5 Å². The molecule has 2 aromatic heterocycles. The number of nitrogens with zero attached hydrogens (tertiary/aromatic N) is 3. The van der Waals surface area contributed by atoms with Gasteiger partial charge in [-0.05, 0) is 18.2 Å². The molecule has 0 saturated carbocycles. The van der Waals surface area contributed by atoms with Crippen molar-refractivity contribution in [1.82, 2.24) is 14.5 Å². The lowest BCUT2D eigenvalue weighted by Crippen LogP contribution is -2.25. The van der Waals surface area contributed by atoms with E-state index in [2.05, 4.69) is 0 Å². The molecule has 0 atom stereocenters. The number of benzene rings is 2. The van der Waals surface area contributed by atoms with Gasteiger partial charge < -0.3 is 4.74 Å². The summed E-state index contributed by atoms with van der Waals surface area (Å²) in [6, 6.07) is 15.2. The minimum atomic E-state index is -0.0885. The molecule has 0 N–H and O–H groups in total. The summed E-state index contributed by atoms with van der Waals surface area (Å²) in [5.41, 5.74) is 2.57. The van der Waals surface area contributed by atoms with E-state index in [9.17, 15) is 4.79 Å². The number of halogens is 1. The van der Waals surface area contributed by atoms with Gasteiger partial charge in [0.15, 0.2) is 5.16 Å². The lowest BCUT2D eigenvalue weighted by molar-refractivity contribution is 0.183. The molecule has 0 aliphatic heterocycles. The highest BCUT2D eigenvalue weighted by Gasteiger charge is 2.13. The molecule has 148 valence electrons. The fourth-order valence-corrected chi connectivity index (χ4v) is 4.90. The van der Waals surface area contributed by atoms with E-state index in [4.69, 9.17) is 26.3 Å². The Kier molecular flexibility index (Phi) is 6.30. The van der Waals surface area contributed by atoms with E-state index in [1.807, 2.05) is 35.7 Å². The van der Waals surface area contributed by atoms with Crippen LogP contribution in [0.5, 0.6) is 0 Å². The quantitative estimate of drug-likeness (QED) is 0.293. The normalized spacial score (nSPS) is 11.2. The predicted octanol–water partition coefficient (Wildman–Crippen LogP) is 5.11. The highest BCUT2D eigenvalue weighted by atomic mass is 35.5. The standard InChI is InChI=1S/C21H18ClN3O2S2/c1-27-10-9-25-20(26)17-8-7-15(22)11-18(17)24-21(25)29-13-16-12-28-19(23-16)14-5-3-2-4-6-14/h2-8,11-12H,9-10,13H2,1H3. The van der Waals surface area contributed by atoms with Crippen LogP contribution in [0.1, 0.15) is 5.69 Å². The summed E-state index contributed by atoms with van der Waals surface area (Å²) in [7, 11) is 1.62. The summed E-state index contributed by atoms with van der Waals surface area (Å²) in [6.45, 7) is 0.874. The Bertz CT molecular complexity index is 1190. The van der Waals surface area contributed by atoms with Crippen molar-refractivity contribution in [2.75, 3.05) is 13.7 Å². The number of thiazole rings is 1. The maximum Gasteiger partial charge on any atom is 0.262 e. The van der Waals surface area contributed by atoms with Gasteiger partial charge in [-0.3, -0.25) is 9.36 Å². The molecular formula is C21H18ClN3O2S2. The zero-order chi connectivity index (χ0) is 20.2. The fraction of sp³-hybridized carbons (Fsp3) is 0.190. The van der Waals surface area contributed by atoms with Crippen LogP contribution >= 0.6 is 34.7 Å². The Labute approximate surface area is 181 Å². The second kappa shape index (κ2) is 9.09. The molecule has 0 fully saturated rings. The van der Waals surface area contributed by atoms with Crippen LogP contribution in [-0.2, 0) is 17.0 Å². The lowest BCUT2D eigenvalue weighted by Gasteiger charge is -2.12. The van der Waals surface area contributed by atoms with Crippen molar-refractivity contribution in [1.29, 1.82) is 0 Å². The minimum absolute atomic E-state index is 0.0885. The van der Waals surface area contributed by atoms with E-state index >= 15 is 0 Å². The Morgan fingerprint density at radius 2 is 2.00 bits per heavy atom. The molecule has 2 heterocycles. The van der Waals surface area contributed by atoms with E-state index in [0.717, 1.165) is 16.3 Å². The Balaban J connectivity index is 1.63. The highest BCUT2D eigenvalue weighted by Crippen LogP contribution is 2.28. The third-order valence-corrected chi connectivity index (χ3v) is 6.51. The van der Waals surface area contributed by atoms with E-state index in [-0.39, 0.29) is 5.56 Å². The summed E-state index contributed by atoms with van der Waals surface area (Å²) < 4.78 is 6.84. The van der Waals surface area contributed by atoms with Gasteiger partial charge in [0, 0.05) is 28.8 Å². The molecule has 0 saturated heterocycles. The first-order valence-corrected chi connectivity index (χ1v) is 11.2. The number of ether oxygens (including phenoxy) is 1. The first-order chi connectivity index (χ1) is 14.2. The number of hydrogen-bond donors (Lipinski definition) is 0. The van der Waals surface area contributed by atoms with Gasteiger partial charge in [-0.25, -0.2) is 9.97 Å². The van der Waals surface area contributed by atoms with E-state index in [1.165, 1.54) is 11.8 Å². The van der Waals surface area contributed by atoms with Crippen LogP contribution in [0.3, 0.4) is 0 Å². The van der Waals surface area contributed by atoms with Crippen LogP contribution in [0.4, 0.5) is 0 Å². The minimum Gasteiger partial charge on any atom is -0.383 e. The van der Waals surface area contributed by atoms with Crippen molar-refractivity contribution in [2.24, 2.45) is 0 Å². The molecule has 4 rings (SSSR count). The average Bonchev–Trinajstić information content (AvgIpc) is 3.21. The zero-order valence-electron chi connectivity index (χ0n) is 15.7. The topological polar surface area (TPSA) is 57.0 Å². The first kappa shape index (κ1) is 20.1. The molecule has 4 aromatic rings. The van der Waals surface area contributed by atoms with Gasteiger partial charge in [-0.2, -0.15) is 0 Å². The van der Waals surface area contributed by atoms with Crippen molar-refractivity contribution >= 4 is 45.6 Å². The molecule has 29 heavy (non-hydrogen) atoms. The Morgan fingerprint density at radius 1 is 1.17 bits per heavy atom. The smallest absolute Gasteiger partial charge is 0.262 e. The largest absolute Gasteiger partial charge is 0.383 e. The second-order valence-electron chi connectivity index (χ2n) is 6.30. The Morgan fingerprint density at radius 3 is 2.79 bits per heavy atom. The molecule has 0 radical (unpaired) electrons. The molecule has 0 spiro atoms. The SMILES string of the molecule is COCCn1c(SCc2csc(-c3ccccc3)n2)nc2cc(Cl)ccc2c1=O. The summed E-state index contributed by atoms with van der Waals surface area (Å²) in [6.07, 6.45) is 0. The number of thioether (sulfide) groups is 1.